The number of rotatable bonds is 7. The van der Waals surface area contributed by atoms with E-state index < -0.39 is 0 Å². The Kier molecular flexibility index (Phi) is 6.82. The summed E-state index contributed by atoms with van der Waals surface area (Å²) in [4.78, 5) is 33.8. The molecule has 2 aliphatic heterocycles. The number of likely N-dealkylation sites (tertiary alicyclic amines) is 1. The first-order chi connectivity index (χ1) is 15.2. The fourth-order valence-electron chi connectivity index (χ4n) is 4.34. The average molecular weight is 422 g/mol. The summed E-state index contributed by atoms with van der Waals surface area (Å²) >= 11 is 0. The summed E-state index contributed by atoms with van der Waals surface area (Å²) in [5, 5.41) is 6.44. The molecule has 0 bridgehead atoms. The van der Waals surface area contributed by atoms with Crippen molar-refractivity contribution in [3.63, 3.8) is 0 Å². The first kappa shape index (κ1) is 21.3. The molecular formula is C24H31N5O2. The zero-order valence-electron chi connectivity index (χ0n) is 18.1. The van der Waals surface area contributed by atoms with Crippen LogP contribution >= 0.6 is 0 Å². The molecule has 2 amide bonds. The highest BCUT2D eigenvalue weighted by molar-refractivity contribution is 6.10. The quantitative estimate of drug-likeness (QED) is 0.719. The number of carbonyl (C=O) groups is 2. The van der Waals surface area contributed by atoms with Crippen LogP contribution in [0.3, 0.4) is 0 Å². The number of benzene rings is 1. The smallest absolute Gasteiger partial charge is 0.262 e. The molecule has 7 nitrogen and oxygen atoms in total. The summed E-state index contributed by atoms with van der Waals surface area (Å²) < 4.78 is 0. The van der Waals surface area contributed by atoms with E-state index in [9.17, 15) is 9.59 Å². The molecule has 1 fully saturated rings. The van der Waals surface area contributed by atoms with E-state index in [2.05, 4.69) is 33.5 Å². The summed E-state index contributed by atoms with van der Waals surface area (Å²) in [6.07, 6.45) is 5.39. The van der Waals surface area contributed by atoms with Crippen molar-refractivity contribution in [2.45, 2.75) is 38.6 Å². The van der Waals surface area contributed by atoms with Crippen molar-refractivity contribution in [2.24, 2.45) is 0 Å². The van der Waals surface area contributed by atoms with Crippen molar-refractivity contribution >= 4 is 23.3 Å². The van der Waals surface area contributed by atoms with Crippen LogP contribution in [0.2, 0.25) is 0 Å². The molecule has 1 saturated heterocycles. The first-order valence-corrected chi connectivity index (χ1v) is 11.3. The Morgan fingerprint density at radius 1 is 1.10 bits per heavy atom. The Labute approximate surface area is 183 Å². The number of nitrogens with one attached hydrogen (secondary N) is 2. The summed E-state index contributed by atoms with van der Waals surface area (Å²) in [7, 11) is 0. The summed E-state index contributed by atoms with van der Waals surface area (Å²) in [5.74, 6) is 0.735. The van der Waals surface area contributed by atoms with Crippen LogP contribution in [0.5, 0.6) is 0 Å². The van der Waals surface area contributed by atoms with Gasteiger partial charge in [0, 0.05) is 44.1 Å². The number of hydrogen-bond donors (Lipinski definition) is 2. The molecule has 0 spiro atoms. The van der Waals surface area contributed by atoms with Crippen molar-refractivity contribution in [3.05, 3.63) is 53.7 Å². The maximum Gasteiger partial charge on any atom is 0.262 e. The van der Waals surface area contributed by atoms with E-state index in [0.717, 1.165) is 51.0 Å². The maximum atomic E-state index is 13.3. The van der Waals surface area contributed by atoms with Gasteiger partial charge in [-0.15, -0.1) is 0 Å². The van der Waals surface area contributed by atoms with E-state index >= 15 is 0 Å². The van der Waals surface area contributed by atoms with Crippen LogP contribution < -0.4 is 15.5 Å². The van der Waals surface area contributed by atoms with Crippen LogP contribution in [0.4, 0.5) is 11.5 Å². The number of piperidine rings is 1. The van der Waals surface area contributed by atoms with Crippen LogP contribution in [-0.2, 0) is 11.2 Å². The Morgan fingerprint density at radius 2 is 1.90 bits per heavy atom. The largest absolute Gasteiger partial charge is 0.367 e. The number of fused-ring (bicyclic) bond motifs is 1. The molecule has 31 heavy (non-hydrogen) atoms. The summed E-state index contributed by atoms with van der Waals surface area (Å²) in [6, 6.07) is 12.0. The minimum absolute atomic E-state index is 0.00872. The molecular weight excluding hydrogens is 390 g/mol. The van der Waals surface area contributed by atoms with Crippen molar-refractivity contribution < 1.29 is 9.59 Å². The predicted molar refractivity (Wildman–Crippen MR) is 122 cm³/mol. The van der Waals surface area contributed by atoms with Crippen molar-refractivity contribution in [1.29, 1.82) is 0 Å². The second kappa shape index (κ2) is 9.92. The third-order valence-electron chi connectivity index (χ3n) is 6.04. The molecule has 4 rings (SSSR count). The number of carbonyl (C=O) groups excluding carboxylic acids is 2. The summed E-state index contributed by atoms with van der Waals surface area (Å²) in [5.41, 5.74) is 2.82. The van der Waals surface area contributed by atoms with Gasteiger partial charge < -0.3 is 15.5 Å². The lowest BCUT2D eigenvalue weighted by molar-refractivity contribution is -0.122. The van der Waals surface area contributed by atoms with E-state index in [-0.39, 0.29) is 17.9 Å². The standard InChI is InChI=1S/C24H31N5O2/c1-2-12-25-22(30)17-28-14-10-19(11-15-28)27-23-20(7-5-13-26-23)24(31)29-16-9-18-6-3-4-8-21(18)29/h3-8,13,19H,2,9-12,14-17H2,1H3,(H,25,30)(H,26,27). The minimum Gasteiger partial charge on any atom is -0.367 e. The van der Waals surface area contributed by atoms with Crippen molar-refractivity contribution in [2.75, 3.05) is 42.9 Å². The summed E-state index contributed by atoms with van der Waals surface area (Å²) in [6.45, 7) is 5.64. The number of aromatic nitrogens is 1. The maximum absolute atomic E-state index is 13.3. The fraction of sp³-hybridized carbons (Fsp3) is 0.458. The molecule has 2 aliphatic rings. The van der Waals surface area contributed by atoms with E-state index in [1.165, 1.54) is 5.56 Å². The minimum atomic E-state index is -0.00872. The van der Waals surface area contributed by atoms with Gasteiger partial charge in [-0.1, -0.05) is 25.1 Å². The number of pyridine rings is 1. The van der Waals surface area contributed by atoms with Crippen LogP contribution in [0.1, 0.15) is 42.1 Å². The molecule has 7 heteroatoms. The first-order valence-electron chi connectivity index (χ1n) is 11.3. The Hall–Kier alpha value is -2.93. The molecule has 1 aromatic carbocycles. The van der Waals surface area contributed by atoms with Gasteiger partial charge in [0.25, 0.3) is 5.91 Å². The molecule has 164 valence electrons. The Bertz CT molecular complexity index is 924. The monoisotopic (exact) mass is 421 g/mol. The van der Waals surface area contributed by atoms with Gasteiger partial charge in [0.15, 0.2) is 0 Å². The zero-order chi connectivity index (χ0) is 21.6. The molecule has 1 aromatic heterocycles. The SMILES string of the molecule is CCCNC(=O)CN1CCC(Nc2ncccc2C(=O)N2CCc3ccccc32)CC1. The number of para-hydroxylation sites is 1. The third-order valence-corrected chi connectivity index (χ3v) is 6.04. The van der Waals surface area contributed by atoms with Crippen molar-refractivity contribution in [1.82, 2.24) is 15.2 Å². The van der Waals surface area contributed by atoms with Gasteiger partial charge in [-0.3, -0.25) is 14.5 Å². The molecule has 2 aromatic rings. The van der Waals surface area contributed by atoms with Gasteiger partial charge in [-0.25, -0.2) is 4.98 Å². The van der Waals surface area contributed by atoms with Gasteiger partial charge >= 0.3 is 0 Å². The second-order valence-corrected chi connectivity index (χ2v) is 8.28. The Balaban J connectivity index is 1.37. The van der Waals surface area contributed by atoms with Gasteiger partial charge in [-0.05, 0) is 49.4 Å². The number of nitrogens with zero attached hydrogens (tertiary/aromatic N) is 3. The van der Waals surface area contributed by atoms with E-state index in [1.54, 1.807) is 6.20 Å². The molecule has 0 saturated carbocycles. The van der Waals surface area contributed by atoms with Crippen LogP contribution in [0, 0.1) is 0 Å². The van der Waals surface area contributed by atoms with Crippen LogP contribution in [0.15, 0.2) is 42.6 Å². The molecule has 3 heterocycles. The Morgan fingerprint density at radius 3 is 2.71 bits per heavy atom. The lowest BCUT2D eigenvalue weighted by Gasteiger charge is -2.32. The van der Waals surface area contributed by atoms with Crippen LogP contribution in [0.25, 0.3) is 0 Å². The third kappa shape index (κ3) is 5.05. The van der Waals surface area contributed by atoms with Gasteiger partial charge in [-0.2, -0.15) is 0 Å². The highest BCUT2D eigenvalue weighted by Crippen LogP contribution is 2.30. The van der Waals surface area contributed by atoms with Gasteiger partial charge in [0.2, 0.25) is 5.91 Å². The zero-order valence-corrected chi connectivity index (χ0v) is 18.1. The lowest BCUT2D eigenvalue weighted by Crippen LogP contribution is -2.44. The highest BCUT2D eigenvalue weighted by atomic mass is 16.2. The average Bonchev–Trinajstić information content (AvgIpc) is 3.23. The molecule has 0 atom stereocenters. The van der Waals surface area contributed by atoms with Crippen molar-refractivity contribution in [3.8, 4) is 0 Å². The highest BCUT2D eigenvalue weighted by Gasteiger charge is 2.28. The lowest BCUT2D eigenvalue weighted by atomic mass is 10.0. The number of anilines is 2. The molecule has 0 aliphatic carbocycles. The topological polar surface area (TPSA) is 77.6 Å². The molecule has 0 unspecified atom stereocenters. The fourth-order valence-corrected chi connectivity index (χ4v) is 4.34. The van der Waals surface area contributed by atoms with Crippen LogP contribution in [-0.4, -0.2) is 60.5 Å². The van der Waals surface area contributed by atoms with E-state index in [1.807, 2.05) is 35.2 Å². The van der Waals surface area contributed by atoms with Gasteiger partial charge in [0.1, 0.15) is 5.82 Å². The van der Waals surface area contributed by atoms with E-state index in [0.29, 0.717) is 24.5 Å². The van der Waals surface area contributed by atoms with E-state index in [4.69, 9.17) is 0 Å². The number of hydrogen-bond acceptors (Lipinski definition) is 5. The molecule has 0 radical (unpaired) electrons. The molecule has 2 N–H and O–H groups in total. The predicted octanol–water partition coefficient (Wildman–Crippen LogP) is 2.69. The normalized spacial score (nSPS) is 16.7. The number of amides is 2. The van der Waals surface area contributed by atoms with Gasteiger partial charge in [0.05, 0.1) is 12.1 Å². The second-order valence-electron chi connectivity index (χ2n) is 8.28.